The number of carboxylic acid groups (broad SMARTS) is 1. The third-order valence-electron chi connectivity index (χ3n) is 2.28. The van der Waals surface area contributed by atoms with E-state index in [4.69, 9.17) is 5.11 Å². The maximum atomic E-state index is 12.6. The molecule has 0 unspecified atom stereocenters. The number of carboxylic acids is 1. The minimum atomic E-state index is -5.21. The molecule has 2 N–H and O–H groups in total. The second-order valence-corrected chi connectivity index (χ2v) is 5.73. The molecule has 124 valence electrons. The van der Waals surface area contributed by atoms with Gasteiger partial charge >= 0.3 is 18.3 Å². The second kappa shape index (κ2) is 5.76. The van der Waals surface area contributed by atoms with E-state index in [1.54, 1.807) is 0 Å². The van der Waals surface area contributed by atoms with Crippen LogP contribution >= 0.6 is 0 Å². The quantitative estimate of drug-likeness (QED) is 0.814. The van der Waals surface area contributed by atoms with Gasteiger partial charge in [-0.2, -0.15) is 31.1 Å². The van der Waals surface area contributed by atoms with Crippen LogP contribution in [-0.2, 0) is 27.2 Å². The Bertz CT molecular complexity index is 647. The lowest BCUT2D eigenvalue weighted by Gasteiger charge is -2.14. The Balaban J connectivity index is 3.45. The maximum Gasteiger partial charge on any atom is 0.416 e. The van der Waals surface area contributed by atoms with Crippen molar-refractivity contribution in [3.05, 3.63) is 29.3 Å². The normalized spacial score (nSPS) is 13.2. The summed E-state index contributed by atoms with van der Waals surface area (Å²) in [7, 11) is -4.85. The molecule has 0 fully saturated rings. The number of nitrogens with one attached hydrogen (secondary N) is 1. The van der Waals surface area contributed by atoms with Crippen molar-refractivity contribution < 1.29 is 44.7 Å². The number of carbonyl (C=O) groups is 1. The fourth-order valence-electron chi connectivity index (χ4n) is 1.32. The van der Waals surface area contributed by atoms with Crippen molar-refractivity contribution in [1.82, 2.24) is 4.72 Å². The average molecular weight is 351 g/mol. The minimum Gasteiger partial charge on any atom is -0.480 e. The summed E-state index contributed by atoms with van der Waals surface area (Å²) in [6.45, 7) is -1.19. The Hall–Kier alpha value is -1.82. The summed E-state index contributed by atoms with van der Waals surface area (Å²) in [5, 5.41) is 8.30. The lowest BCUT2D eigenvalue weighted by atomic mass is 10.1. The van der Waals surface area contributed by atoms with Crippen LogP contribution in [0.15, 0.2) is 23.1 Å². The Morgan fingerprint density at radius 2 is 1.41 bits per heavy atom. The van der Waals surface area contributed by atoms with Gasteiger partial charge in [-0.3, -0.25) is 4.79 Å². The molecule has 12 heteroatoms. The van der Waals surface area contributed by atoms with E-state index >= 15 is 0 Å². The molecule has 1 aromatic carbocycles. The molecule has 0 heterocycles. The number of rotatable bonds is 4. The predicted molar refractivity (Wildman–Crippen MR) is 59.3 cm³/mol. The lowest BCUT2D eigenvalue weighted by molar-refractivity contribution is -0.143. The highest BCUT2D eigenvalue weighted by Crippen LogP contribution is 2.37. The molecular formula is C10H7F6NO4S. The van der Waals surface area contributed by atoms with Crippen molar-refractivity contribution in [2.24, 2.45) is 0 Å². The second-order valence-electron chi connectivity index (χ2n) is 3.96. The number of hydrogen-bond donors (Lipinski definition) is 2. The van der Waals surface area contributed by atoms with Crippen molar-refractivity contribution in [2.75, 3.05) is 6.54 Å². The SMILES string of the molecule is O=C(O)CNS(=O)(=O)c1cc(C(F)(F)F)cc(C(F)(F)F)c1. The summed E-state index contributed by atoms with van der Waals surface area (Å²) in [4.78, 5) is 8.91. The Labute approximate surface area is 119 Å². The van der Waals surface area contributed by atoms with E-state index < -0.39 is 50.9 Å². The van der Waals surface area contributed by atoms with Gasteiger partial charge in [0.2, 0.25) is 10.0 Å². The molecule has 0 aliphatic rings. The van der Waals surface area contributed by atoms with Crippen LogP contribution in [0.3, 0.4) is 0 Å². The maximum absolute atomic E-state index is 12.6. The molecule has 0 bridgehead atoms. The van der Waals surface area contributed by atoms with Gasteiger partial charge in [-0.05, 0) is 18.2 Å². The van der Waals surface area contributed by atoms with Crippen molar-refractivity contribution in [3.8, 4) is 0 Å². The van der Waals surface area contributed by atoms with Crippen LogP contribution in [0, 0.1) is 0 Å². The van der Waals surface area contributed by atoms with E-state index in [1.807, 2.05) is 0 Å². The minimum absolute atomic E-state index is 0.0145. The van der Waals surface area contributed by atoms with Gasteiger partial charge in [-0.15, -0.1) is 0 Å². The molecule has 22 heavy (non-hydrogen) atoms. The van der Waals surface area contributed by atoms with Gasteiger partial charge in [0.15, 0.2) is 0 Å². The monoisotopic (exact) mass is 351 g/mol. The summed E-state index contributed by atoms with van der Waals surface area (Å²) in [5.41, 5.74) is -3.64. The molecule has 5 nitrogen and oxygen atoms in total. The van der Waals surface area contributed by atoms with E-state index in [9.17, 15) is 39.6 Å². The highest BCUT2D eigenvalue weighted by atomic mass is 32.2. The fraction of sp³-hybridized carbons (Fsp3) is 0.300. The van der Waals surface area contributed by atoms with Gasteiger partial charge in [0, 0.05) is 0 Å². The van der Waals surface area contributed by atoms with Crippen LogP contribution in [0.1, 0.15) is 11.1 Å². The van der Waals surface area contributed by atoms with Gasteiger partial charge in [0.25, 0.3) is 0 Å². The highest BCUT2D eigenvalue weighted by molar-refractivity contribution is 7.89. The van der Waals surface area contributed by atoms with Crippen LogP contribution in [0.4, 0.5) is 26.3 Å². The molecule has 0 atom stereocenters. The molecule has 1 rings (SSSR count). The van der Waals surface area contributed by atoms with Gasteiger partial charge in [-0.1, -0.05) is 0 Å². The molecule has 0 radical (unpaired) electrons. The predicted octanol–water partition coefficient (Wildman–Crippen LogP) is 2.09. The van der Waals surface area contributed by atoms with E-state index in [0.717, 1.165) is 0 Å². The van der Waals surface area contributed by atoms with Gasteiger partial charge in [-0.25, -0.2) is 8.42 Å². The molecule has 0 aliphatic carbocycles. The first kappa shape index (κ1) is 18.2. The fourth-order valence-corrected chi connectivity index (χ4v) is 2.37. The smallest absolute Gasteiger partial charge is 0.416 e. The Morgan fingerprint density at radius 3 is 1.73 bits per heavy atom. The summed E-state index contributed by atoms with van der Waals surface area (Å²) in [5.74, 6) is -1.66. The number of sulfonamides is 1. The first-order valence-electron chi connectivity index (χ1n) is 5.24. The van der Waals surface area contributed by atoms with Crippen molar-refractivity contribution >= 4 is 16.0 Å². The highest BCUT2D eigenvalue weighted by Gasteiger charge is 2.38. The first-order chi connectivity index (χ1) is 9.73. The topological polar surface area (TPSA) is 83.5 Å². The summed E-state index contributed by atoms with van der Waals surface area (Å²) >= 11 is 0. The molecule has 0 spiro atoms. The van der Waals surface area contributed by atoms with E-state index in [0.29, 0.717) is 0 Å². The molecule has 0 amide bonds. The Kier molecular flexibility index (Phi) is 4.77. The Morgan fingerprint density at radius 1 is 1.00 bits per heavy atom. The standard InChI is InChI=1S/C10H7F6NO4S/c11-9(12,13)5-1-6(10(14,15)16)3-7(2-5)22(20,21)17-4-8(18)19/h1-3,17H,4H2,(H,18,19). The third kappa shape index (κ3) is 4.59. The van der Waals surface area contributed by atoms with Crippen LogP contribution in [0.2, 0.25) is 0 Å². The molecule has 0 saturated heterocycles. The number of hydrogen-bond acceptors (Lipinski definition) is 3. The zero-order valence-corrected chi connectivity index (χ0v) is 11.1. The number of aliphatic carboxylic acids is 1. The van der Waals surface area contributed by atoms with Crippen LogP contribution in [-0.4, -0.2) is 26.0 Å². The van der Waals surface area contributed by atoms with E-state index in [1.165, 1.54) is 4.72 Å². The van der Waals surface area contributed by atoms with Crippen LogP contribution < -0.4 is 4.72 Å². The zero-order valence-electron chi connectivity index (χ0n) is 10.3. The van der Waals surface area contributed by atoms with Crippen molar-refractivity contribution in [3.63, 3.8) is 0 Å². The van der Waals surface area contributed by atoms with Crippen molar-refractivity contribution in [2.45, 2.75) is 17.2 Å². The van der Waals surface area contributed by atoms with Gasteiger partial charge in [0.05, 0.1) is 16.0 Å². The number of alkyl halides is 6. The van der Waals surface area contributed by atoms with Crippen LogP contribution in [0.25, 0.3) is 0 Å². The van der Waals surface area contributed by atoms with Gasteiger partial charge < -0.3 is 5.11 Å². The number of benzene rings is 1. The molecule has 0 aromatic heterocycles. The van der Waals surface area contributed by atoms with E-state index in [-0.39, 0.29) is 18.2 Å². The summed E-state index contributed by atoms with van der Waals surface area (Å²) < 4.78 is 99.9. The van der Waals surface area contributed by atoms with Gasteiger partial charge in [0.1, 0.15) is 6.54 Å². The van der Waals surface area contributed by atoms with Crippen molar-refractivity contribution in [1.29, 1.82) is 0 Å². The summed E-state index contributed by atoms with van der Waals surface area (Å²) in [6, 6.07) is -0.269. The third-order valence-corrected chi connectivity index (χ3v) is 3.67. The molecule has 0 saturated carbocycles. The number of halogens is 6. The van der Waals surface area contributed by atoms with Crippen LogP contribution in [0.5, 0.6) is 0 Å². The largest absolute Gasteiger partial charge is 0.480 e. The molecule has 0 aliphatic heterocycles. The summed E-state index contributed by atoms with van der Waals surface area (Å²) in [6.07, 6.45) is -10.4. The zero-order chi connectivity index (χ0) is 17.3. The molecule has 1 aromatic rings. The lowest BCUT2D eigenvalue weighted by Crippen LogP contribution is -2.30. The van der Waals surface area contributed by atoms with E-state index in [2.05, 4.69) is 0 Å². The first-order valence-corrected chi connectivity index (χ1v) is 6.73. The molecular weight excluding hydrogens is 344 g/mol. The average Bonchev–Trinajstić information content (AvgIpc) is 2.34.